The predicted octanol–water partition coefficient (Wildman–Crippen LogP) is -0.207. The Kier molecular flexibility index (Phi) is 5.68. The lowest BCUT2D eigenvalue weighted by atomic mass is 10.5. The van der Waals surface area contributed by atoms with Crippen molar-refractivity contribution >= 4 is 9.05 Å². The molecule has 1 fully saturated rings. The average molecular weight is 238 g/mol. The van der Waals surface area contributed by atoms with Crippen LogP contribution in [0.5, 0.6) is 0 Å². The molecule has 1 rings (SSSR count). The van der Waals surface area contributed by atoms with Crippen LogP contribution in [0.25, 0.3) is 0 Å². The minimum absolute atomic E-state index is 0.277. The van der Waals surface area contributed by atoms with E-state index in [-0.39, 0.29) is 6.10 Å². The summed E-state index contributed by atoms with van der Waals surface area (Å²) >= 11 is 0. The summed E-state index contributed by atoms with van der Waals surface area (Å²) in [5.74, 6) is 0. The van der Waals surface area contributed by atoms with E-state index in [4.69, 9.17) is 27.2 Å². The molecule has 0 bridgehead atoms. The molecule has 6 nitrogen and oxygen atoms in total. The topological polar surface area (TPSA) is 58.7 Å². The lowest BCUT2D eigenvalue weighted by molar-refractivity contribution is -0.0131. The molecule has 0 aromatic carbocycles. The summed E-state index contributed by atoms with van der Waals surface area (Å²) in [6.07, 6.45) is 0.277. The Bertz CT molecular complexity index is 162. The van der Waals surface area contributed by atoms with Crippen molar-refractivity contribution in [2.24, 2.45) is 0 Å². The third kappa shape index (κ3) is 4.56. The van der Waals surface area contributed by atoms with E-state index in [9.17, 15) is 0 Å². The third-order valence-electron chi connectivity index (χ3n) is 1.96. The lowest BCUT2D eigenvalue weighted by Gasteiger charge is -2.22. The van der Waals surface area contributed by atoms with Crippen LogP contribution >= 0.6 is 0 Å². The maximum atomic E-state index is 5.39. The molecule has 90 valence electrons. The van der Waals surface area contributed by atoms with Crippen LogP contribution in [0, 0.1) is 0 Å². The molecule has 7 heteroatoms. The molecule has 1 atom stereocenters. The van der Waals surface area contributed by atoms with Crippen molar-refractivity contribution < 1.29 is 27.2 Å². The van der Waals surface area contributed by atoms with Crippen LogP contribution < -0.4 is 0 Å². The predicted molar refractivity (Wildman–Crippen MR) is 53.3 cm³/mol. The first-order valence-electron chi connectivity index (χ1n) is 4.75. The van der Waals surface area contributed by atoms with Crippen molar-refractivity contribution in [2.75, 3.05) is 47.8 Å². The number of hydrogen-bond donors (Lipinski definition) is 0. The molecule has 0 aliphatic carbocycles. The van der Waals surface area contributed by atoms with Crippen molar-refractivity contribution in [3.63, 3.8) is 0 Å². The first kappa shape index (κ1) is 13.0. The molecular weight excluding hydrogens is 220 g/mol. The molecule has 1 unspecified atom stereocenters. The van der Waals surface area contributed by atoms with E-state index in [1.165, 1.54) is 21.3 Å². The van der Waals surface area contributed by atoms with Gasteiger partial charge in [0.15, 0.2) is 0 Å². The number of rotatable bonds is 9. The van der Waals surface area contributed by atoms with Gasteiger partial charge in [0, 0.05) is 21.3 Å². The summed E-state index contributed by atoms with van der Waals surface area (Å²) in [6, 6.07) is 0. The van der Waals surface area contributed by atoms with Gasteiger partial charge in [-0.15, -0.1) is 0 Å². The van der Waals surface area contributed by atoms with Crippen molar-refractivity contribution in [2.45, 2.75) is 6.10 Å². The van der Waals surface area contributed by atoms with Crippen LogP contribution in [0.2, 0.25) is 0 Å². The summed E-state index contributed by atoms with van der Waals surface area (Å²) in [7, 11) is 1.60. The summed E-state index contributed by atoms with van der Waals surface area (Å²) in [5, 5.41) is 0. The molecule has 1 heterocycles. The highest BCUT2D eigenvalue weighted by Gasteiger charge is 2.42. The van der Waals surface area contributed by atoms with Gasteiger partial charge in [-0.1, -0.05) is 0 Å². The Morgan fingerprint density at radius 2 is 1.73 bits per heavy atom. The van der Waals surface area contributed by atoms with Gasteiger partial charge in [-0.3, -0.25) is 0 Å². The van der Waals surface area contributed by atoms with Gasteiger partial charge in [0.25, 0.3) is 0 Å². The van der Waals surface area contributed by atoms with E-state index < -0.39 is 9.05 Å². The van der Waals surface area contributed by atoms with Gasteiger partial charge in [-0.25, -0.2) is 0 Å². The second-order valence-corrected chi connectivity index (χ2v) is 5.50. The van der Waals surface area contributed by atoms with Gasteiger partial charge in [-0.2, -0.15) is 0 Å². The van der Waals surface area contributed by atoms with Crippen molar-refractivity contribution in [1.29, 1.82) is 0 Å². The van der Waals surface area contributed by atoms with E-state index in [1.807, 2.05) is 0 Å². The van der Waals surface area contributed by atoms with Gasteiger partial charge < -0.3 is 27.2 Å². The summed E-state index contributed by atoms with van der Waals surface area (Å²) < 4.78 is 30.9. The SMILES string of the molecule is CO[Si](OC)(OC)OCCOCC1CO1. The molecule has 0 saturated carbocycles. The highest BCUT2D eigenvalue weighted by Crippen LogP contribution is 2.09. The molecule has 1 saturated heterocycles. The Labute approximate surface area is 90.8 Å². The quantitative estimate of drug-likeness (QED) is 0.315. The first-order chi connectivity index (χ1) is 7.26. The van der Waals surface area contributed by atoms with Crippen LogP contribution in [-0.2, 0) is 27.2 Å². The highest BCUT2D eigenvalue weighted by atomic mass is 28.4. The maximum Gasteiger partial charge on any atom is 0.678 e. The lowest BCUT2D eigenvalue weighted by Crippen LogP contribution is -2.47. The summed E-state index contributed by atoms with van der Waals surface area (Å²) in [4.78, 5) is 0. The molecule has 0 spiro atoms. The molecule has 0 amide bonds. The van der Waals surface area contributed by atoms with E-state index >= 15 is 0 Å². The van der Waals surface area contributed by atoms with E-state index in [0.29, 0.717) is 19.8 Å². The van der Waals surface area contributed by atoms with E-state index in [0.717, 1.165) is 6.61 Å². The van der Waals surface area contributed by atoms with Crippen LogP contribution in [0.1, 0.15) is 0 Å². The standard InChI is InChI=1S/C8H18O6Si/c1-9-15(10-2,11-3)14-5-4-12-6-8-7-13-8/h8H,4-7H2,1-3H3. The zero-order valence-corrected chi connectivity index (χ0v) is 10.4. The van der Waals surface area contributed by atoms with Crippen LogP contribution in [-0.4, -0.2) is 62.9 Å². The molecule has 1 aliphatic heterocycles. The Hall–Kier alpha value is -0.0231. The number of ether oxygens (including phenoxy) is 2. The molecule has 0 aromatic rings. The minimum Gasteiger partial charge on any atom is -0.376 e. The average Bonchev–Trinajstić information content (AvgIpc) is 3.08. The fraction of sp³-hybridized carbons (Fsp3) is 1.00. The van der Waals surface area contributed by atoms with Crippen molar-refractivity contribution in [3.8, 4) is 0 Å². The zero-order valence-electron chi connectivity index (χ0n) is 9.36. The monoisotopic (exact) mass is 238 g/mol. The Morgan fingerprint density at radius 3 is 2.20 bits per heavy atom. The van der Waals surface area contributed by atoms with Gasteiger partial charge in [0.1, 0.15) is 6.10 Å². The third-order valence-corrected chi connectivity index (χ3v) is 4.02. The number of hydrogen-bond acceptors (Lipinski definition) is 6. The second-order valence-electron chi connectivity index (χ2n) is 2.99. The fourth-order valence-electron chi connectivity index (χ4n) is 1.03. The fourth-order valence-corrected chi connectivity index (χ4v) is 2.22. The summed E-state index contributed by atoms with van der Waals surface area (Å²) in [5.41, 5.74) is 0. The highest BCUT2D eigenvalue weighted by molar-refractivity contribution is 6.53. The molecule has 0 aromatic heterocycles. The van der Waals surface area contributed by atoms with Crippen LogP contribution in [0.4, 0.5) is 0 Å². The largest absolute Gasteiger partial charge is 0.678 e. The molecule has 1 aliphatic rings. The minimum atomic E-state index is -2.89. The van der Waals surface area contributed by atoms with Crippen molar-refractivity contribution in [1.82, 2.24) is 0 Å². The molecule has 0 N–H and O–H groups in total. The van der Waals surface area contributed by atoms with E-state index in [2.05, 4.69) is 0 Å². The van der Waals surface area contributed by atoms with Gasteiger partial charge in [0.05, 0.1) is 26.4 Å². The van der Waals surface area contributed by atoms with Gasteiger partial charge in [-0.05, 0) is 0 Å². The smallest absolute Gasteiger partial charge is 0.376 e. The molecule has 0 radical (unpaired) electrons. The Morgan fingerprint density at radius 1 is 1.13 bits per heavy atom. The van der Waals surface area contributed by atoms with Gasteiger partial charge >= 0.3 is 9.05 Å². The van der Waals surface area contributed by atoms with Gasteiger partial charge in [0.2, 0.25) is 0 Å². The Balaban J connectivity index is 2.04. The van der Waals surface area contributed by atoms with E-state index in [1.54, 1.807) is 0 Å². The second kappa shape index (κ2) is 6.54. The van der Waals surface area contributed by atoms with Crippen LogP contribution in [0.15, 0.2) is 0 Å². The van der Waals surface area contributed by atoms with Crippen molar-refractivity contribution in [3.05, 3.63) is 0 Å². The maximum absolute atomic E-state index is 5.39. The number of epoxide rings is 1. The first-order valence-corrected chi connectivity index (χ1v) is 6.38. The molecule has 15 heavy (non-hydrogen) atoms. The van der Waals surface area contributed by atoms with Crippen LogP contribution in [0.3, 0.4) is 0 Å². The molecular formula is C8H18O6Si. The summed E-state index contributed by atoms with van der Waals surface area (Å²) in [6.45, 7) is 2.28. The zero-order chi connectivity index (χ0) is 11.1. The normalized spacial score (nSPS) is 20.6.